The Morgan fingerprint density at radius 1 is 1.38 bits per heavy atom. The molecule has 0 spiro atoms. The molecule has 0 heterocycles. The van der Waals surface area contributed by atoms with Gasteiger partial charge < -0.3 is 4.74 Å². The van der Waals surface area contributed by atoms with E-state index in [9.17, 15) is 10.1 Å². The molecule has 1 rings (SSSR count). The number of hydrogen-bond acceptors (Lipinski definition) is 3. The van der Waals surface area contributed by atoms with E-state index in [1.54, 1.807) is 19.1 Å². The Balaban J connectivity index is 3.10. The maximum atomic E-state index is 11.7. The Bertz CT molecular complexity index is 505. The van der Waals surface area contributed by atoms with Gasteiger partial charge in [-0.1, -0.05) is 41.9 Å². The minimum absolute atomic E-state index is 0.204. The molecular weight excluding hydrogens is 330 g/mol. The van der Waals surface area contributed by atoms with Crippen molar-refractivity contribution in [1.29, 1.82) is 5.26 Å². The van der Waals surface area contributed by atoms with Gasteiger partial charge in [0.15, 0.2) is 0 Å². The Morgan fingerprint density at radius 2 is 2.00 bits per heavy atom. The number of halogens is 1. The first-order chi connectivity index (χ1) is 10.0. The summed E-state index contributed by atoms with van der Waals surface area (Å²) in [6.07, 6.45) is 1.73. The summed E-state index contributed by atoms with van der Waals surface area (Å²) in [6, 6.07) is 9.75. The van der Waals surface area contributed by atoms with Gasteiger partial charge in [-0.3, -0.25) is 0 Å². The van der Waals surface area contributed by atoms with E-state index >= 15 is 0 Å². The van der Waals surface area contributed by atoms with E-state index in [4.69, 9.17) is 4.74 Å². The molecule has 0 aromatic heterocycles. The van der Waals surface area contributed by atoms with Gasteiger partial charge in [-0.2, -0.15) is 5.26 Å². The molecule has 1 aromatic rings. The summed E-state index contributed by atoms with van der Waals surface area (Å²) in [6.45, 7) is 6.28. The molecule has 1 atom stereocenters. The Labute approximate surface area is 135 Å². The zero-order valence-electron chi connectivity index (χ0n) is 12.9. The number of rotatable bonds is 7. The van der Waals surface area contributed by atoms with Crippen LogP contribution in [0, 0.1) is 17.2 Å². The lowest BCUT2D eigenvalue weighted by Gasteiger charge is -2.31. The van der Waals surface area contributed by atoms with Crippen molar-refractivity contribution < 1.29 is 9.53 Å². The van der Waals surface area contributed by atoms with Crippen LogP contribution in [0.2, 0.25) is 0 Å². The molecule has 3 nitrogen and oxygen atoms in total. The van der Waals surface area contributed by atoms with Crippen LogP contribution in [0.15, 0.2) is 24.3 Å². The van der Waals surface area contributed by atoms with Crippen molar-refractivity contribution in [2.75, 3.05) is 11.9 Å². The molecular formula is C17H22BrNO2. The fraction of sp³-hybridized carbons (Fsp3) is 0.529. The minimum Gasteiger partial charge on any atom is -0.462 e. The van der Waals surface area contributed by atoms with Gasteiger partial charge in [-0.05, 0) is 43.4 Å². The summed E-state index contributed by atoms with van der Waals surface area (Å²) in [4.78, 5) is 11.7. The molecule has 0 fully saturated rings. The minimum atomic E-state index is -0.513. The van der Waals surface area contributed by atoms with E-state index in [-0.39, 0.29) is 11.9 Å². The molecule has 1 unspecified atom stereocenters. The molecule has 0 saturated heterocycles. The quantitative estimate of drug-likeness (QED) is 0.538. The third-order valence-corrected chi connectivity index (χ3v) is 4.36. The van der Waals surface area contributed by atoms with Gasteiger partial charge >= 0.3 is 5.97 Å². The number of nitrogens with zero attached hydrogens (tertiary/aromatic N) is 1. The van der Waals surface area contributed by atoms with Crippen molar-refractivity contribution in [2.24, 2.45) is 5.92 Å². The van der Waals surface area contributed by atoms with Crippen molar-refractivity contribution >= 4 is 21.9 Å². The molecule has 0 saturated carbocycles. The number of nitriles is 1. The first kappa shape index (κ1) is 17.7. The van der Waals surface area contributed by atoms with Crippen LogP contribution in [-0.4, -0.2) is 17.9 Å². The number of alkyl halides is 1. The van der Waals surface area contributed by atoms with E-state index in [0.717, 1.165) is 23.7 Å². The Hall–Kier alpha value is -1.34. The van der Waals surface area contributed by atoms with Gasteiger partial charge in [0.25, 0.3) is 0 Å². The smallest absolute Gasteiger partial charge is 0.338 e. The van der Waals surface area contributed by atoms with Crippen LogP contribution in [0.1, 0.15) is 49.5 Å². The highest BCUT2D eigenvalue weighted by Gasteiger charge is 2.35. The topological polar surface area (TPSA) is 50.1 Å². The lowest BCUT2D eigenvalue weighted by molar-refractivity contribution is 0.0526. The van der Waals surface area contributed by atoms with Crippen molar-refractivity contribution in [3.63, 3.8) is 0 Å². The lowest BCUT2D eigenvalue weighted by Crippen LogP contribution is -2.31. The Morgan fingerprint density at radius 3 is 2.43 bits per heavy atom. The molecule has 0 N–H and O–H groups in total. The molecule has 0 bridgehead atoms. The van der Waals surface area contributed by atoms with E-state index < -0.39 is 5.41 Å². The zero-order chi connectivity index (χ0) is 15.9. The van der Waals surface area contributed by atoms with Gasteiger partial charge in [0.1, 0.15) is 0 Å². The van der Waals surface area contributed by atoms with Crippen LogP contribution in [0.3, 0.4) is 0 Å². The number of ether oxygens (including phenoxy) is 1. The van der Waals surface area contributed by atoms with E-state index in [1.165, 1.54) is 0 Å². The average Bonchev–Trinajstić information content (AvgIpc) is 2.49. The second kappa shape index (κ2) is 8.19. The van der Waals surface area contributed by atoms with Gasteiger partial charge in [0, 0.05) is 5.33 Å². The molecule has 4 heteroatoms. The van der Waals surface area contributed by atoms with Crippen molar-refractivity contribution in [1.82, 2.24) is 0 Å². The summed E-state index contributed by atoms with van der Waals surface area (Å²) >= 11 is 3.43. The monoisotopic (exact) mass is 351 g/mol. The molecule has 0 amide bonds. The second-order valence-corrected chi connectivity index (χ2v) is 6.12. The molecule has 1 aromatic carbocycles. The third kappa shape index (κ3) is 4.07. The molecule has 0 radical (unpaired) electrons. The maximum absolute atomic E-state index is 11.7. The van der Waals surface area contributed by atoms with Gasteiger partial charge in [0.05, 0.1) is 23.7 Å². The second-order valence-electron chi connectivity index (χ2n) is 5.33. The number of benzene rings is 1. The molecule has 0 aliphatic rings. The third-order valence-electron chi connectivity index (χ3n) is 3.80. The van der Waals surface area contributed by atoms with Crippen LogP contribution >= 0.6 is 15.9 Å². The lowest BCUT2D eigenvalue weighted by atomic mass is 9.70. The van der Waals surface area contributed by atoms with Crippen molar-refractivity contribution in [3.8, 4) is 6.07 Å². The highest BCUT2D eigenvalue weighted by Crippen LogP contribution is 2.36. The summed E-state index contributed by atoms with van der Waals surface area (Å²) in [7, 11) is 0. The van der Waals surface area contributed by atoms with E-state index in [1.807, 2.05) is 12.1 Å². The van der Waals surface area contributed by atoms with Gasteiger partial charge in [-0.15, -0.1) is 0 Å². The summed E-state index contributed by atoms with van der Waals surface area (Å²) in [5.41, 5.74) is 0.978. The largest absolute Gasteiger partial charge is 0.462 e. The van der Waals surface area contributed by atoms with Crippen molar-refractivity contribution in [2.45, 2.75) is 39.0 Å². The van der Waals surface area contributed by atoms with Crippen LogP contribution < -0.4 is 0 Å². The number of hydrogen-bond donors (Lipinski definition) is 0. The Kier molecular flexibility index (Phi) is 6.91. The fourth-order valence-corrected chi connectivity index (χ4v) is 2.76. The predicted octanol–water partition coefficient (Wildman–Crippen LogP) is 4.46. The summed E-state index contributed by atoms with van der Waals surface area (Å²) < 4.78 is 4.98. The molecule has 0 aliphatic heterocycles. The van der Waals surface area contributed by atoms with Gasteiger partial charge in [0.2, 0.25) is 0 Å². The summed E-state index contributed by atoms with van der Waals surface area (Å²) in [5, 5.41) is 10.6. The van der Waals surface area contributed by atoms with Crippen LogP contribution in [0.4, 0.5) is 0 Å². The zero-order valence-corrected chi connectivity index (χ0v) is 14.4. The number of carbonyl (C=O) groups is 1. The molecule has 0 aliphatic carbocycles. The molecule has 21 heavy (non-hydrogen) atoms. The standard InChI is InChI=1S/C17H22BrNO2/c1-4-21-16(20)14-6-8-15(9-7-14)17(12-19,13(2)3)10-5-11-18/h6-9,13H,4-5,10-11H2,1-3H3. The highest BCUT2D eigenvalue weighted by atomic mass is 79.9. The van der Waals surface area contributed by atoms with Crippen molar-refractivity contribution in [3.05, 3.63) is 35.4 Å². The van der Waals surface area contributed by atoms with Crippen LogP contribution in [0.25, 0.3) is 0 Å². The predicted molar refractivity (Wildman–Crippen MR) is 87.6 cm³/mol. The van der Waals surface area contributed by atoms with Crippen LogP contribution in [-0.2, 0) is 10.2 Å². The SMILES string of the molecule is CCOC(=O)c1ccc(C(C#N)(CCCBr)C(C)C)cc1. The number of carbonyl (C=O) groups excluding carboxylic acids is 1. The highest BCUT2D eigenvalue weighted by molar-refractivity contribution is 9.09. The summed E-state index contributed by atoms with van der Waals surface area (Å²) in [5.74, 6) is -0.119. The van der Waals surface area contributed by atoms with Gasteiger partial charge in [-0.25, -0.2) is 4.79 Å². The van der Waals surface area contributed by atoms with E-state index in [0.29, 0.717) is 12.2 Å². The maximum Gasteiger partial charge on any atom is 0.338 e. The average molecular weight is 352 g/mol. The fourth-order valence-electron chi connectivity index (χ4n) is 2.48. The molecule has 114 valence electrons. The van der Waals surface area contributed by atoms with E-state index in [2.05, 4.69) is 35.8 Å². The first-order valence-electron chi connectivity index (χ1n) is 7.26. The normalized spacial score (nSPS) is 13.5. The van der Waals surface area contributed by atoms with Crippen LogP contribution in [0.5, 0.6) is 0 Å². The first-order valence-corrected chi connectivity index (χ1v) is 8.38. The number of esters is 1.